The third kappa shape index (κ3) is 5.34. The molecule has 0 saturated carbocycles. The molecular weight excluding hydrogens is 382 g/mol. The smallest absolute Gasteiger partial charge is 0.252 e. The lowest BCUT2D eigenvalue weighted by Gasteiger charge is -2.07. The highest BCUT2D eigenvalue weighted by Crippen LogP contribution is 2.21. The maximum absolute atomic E-state index is 12.1. The Morgan fingerprint density at radius 1 is 1.27 bits per heavy atom. The van der Waals surface area contributed by atoms with E-state index in [2.05, 4.69) is 52.4 Å². The van der Waals surface area contributed by atoms with E-state index in [4.69, 9.17) is 11.6 Å². The Morgan fingerprint density at radius 3 is 2.86 bits per heavy atom. The maximum atomic E-state index is 12.1. The van der Waals surface area contributed by atoms with Crippen molar-refractivity contribution in [3.63, 3.8) is 0 Å². The number of nitrogens with one attached hydrogen (secondary N) is 1. The van der Waals surface area contributed by atoms with Gasteiger partial charge < -0.3 is 5.32 Å². The number of hydrogen-bond acceptors (Lipinski definition) is 2. The first kappa shape index (κ1) is 17.4. The van der Waals surface area contributed by atoms with Crippen molar-refractivity contribution in [2.45, 2.75) is 12.7 Å². The van der Waals surface area contributed by atoms with Gasteiger partial charge in [0.25, 0.3) is 5.91 Å². The van der Waals surface area contributed by atoms with Gasteiger partial charge in [-0.15, -0.1) is 0 Å². The molecule has 0 spiro atoms. The number of carbonyl (C=O) groups excluding carboxylic acids is 1. The lowest BCUT2D eigenvalue weighted by atomic mass is 10.2. The summed E-state index contributed by atoms with van der Waals surface area (Å²) in [6.07, 6.45) is 0. The standard InChI is InChI=1S/C17H17BrClNOS/c1-12-3-2-4-13(9-12)11-22-8-7-20-17(21)15-10-14(18)5-6-16(15)19/h2-6,9-10H,7-8,11H2,1H3,(H,20,21). The van der Waals surface area contributed by atoms with Crippen molar-refractivity contribution in [2.24, 2.45) is 0 Å². The fourth-order valence-corrected chi connectivity index (χ4v) is 3.37. The Kier molecular flexibility index (Phi) is 6.80. The first-order valence-electron chi connectivity index (χ1n) is 6.93. The first-order chi connectivity index (χ1) is 10.6. The summed E-state index contributed by atoms with van der Waals surface area (Å²) in [7, 11) is 0. The van der Waals surface area contributed by atoms with Crippen molar-refractivity contribution >= 4 is 45.2 Å². The minimum Gasteiger partial charge on any atom is -0.351 e. The van der Waals surface area contributed by atoms with E-state index in [0.29, 0.717) is 17.1 Å². The second kappa shape index (κ2) is 8.61. The van der Waals surface area contributed by atoms with Crippen molar-refractivity contribution in [1.82, 2.24) is 5.32 Å². The van der Waals surface area contributed by atoms with Crippen LogP contribution in [0.3, 0.4) is 0 Å². The van der Waals surface area contributed by atoms with E-state index in [1.54, 1.807) is 23.9 Å². The molecule has 0 aliphatic carbocycles. The van der Waals surface area contributed by atoms with Gasteiger partial charge in [0.15, 0.2) is 0 Å². The number of benzene rings is 2. The zero-order valence-electron chi connectivity index (χ0n) is 12.2. The van der Waals surface area contributed by atoms with E-state index in [-0.39, 0.29) is 5.91 Å². The van der Waals surface area contributed by atoms with Gasteiger partial charge in [-0.1, -0.05) is 57.4 Å². The molecule has 2 rings (SSSR count). The highest BCUT2D eigenvalue weighted by molar-refractivity contribution is 9.10. The molecule has 0 heterocycles. The Balaban J connectivity index is 1.74. The SMILES string of the molecule is Cc1cccc(CSCCNC(=O)c2cc(Br)ccc2Cl)c1. The molecule has 0 bridgehead atoms. The fraction of sp³-hybridized carbons (Fsp3) is 0.235. The Morgan fingerprint density at radius 2 is 2.09 bits per heavy atom. The summed E-state index contributed by atoms with van der Waals surface area (Å²) in [6, 6.07) is 13.7. The topological polar surface area (TPSA) is 29.1 Å². The van der Waals surface area contributed by atoms with Crippen molar-refractivity contribution in [1.29, 1.82) is 0 Å². The second-order valence-electron chi connectivity index (χ2n) is 4.92. The molecule has 2 aromatic rings. The van der Waals surface area contributed by atoms with Gasteiger partial charge in [-0.3, -0.25) is 4.79 Å². The summed E-state index contributed by atoms with van der Waals surface area (Å²) >= 11 is 11.2. The summed E-state index contributed by atoms with van der Waals surface area (Å²) in [5.41, 5.74) is 3.08. The number of rotatable bonds is 6. The monoisotopic (exact) mass is 397 g/mol. The van der Waals surface area contributed by atoms with Gasteiger partial charge >= 0.3 is 0 Å². The predicted octanol–water partition coefficient (Wildman–Crippen LogP) is 5.07. The molecule has 2 aromatic carbocycles. The van der Waals surface area contributed by atoms with Gasteiger partial charge in [0, 0.05) is 22.5 Å². The van der Waals surface area contributed by atoms with E-state index >= 15 is 0 Å². The average molecular weight is 399 g/mol. The predicted molar refractivity (Wildman–Crippen MR) is 98.8 cm³/mol. The number of aryl methyl sites for hydroxylation is 1. The van der Waals surface area contributed by atoms with Crippen LogP contribution < -0.4 is 5.32 Å². The summed E-state index contributed by atoms with van der Waals surface area (Å²) in [5, 5.41) is 3.37. The molecule has 116 valence electrons. The Bertz CT molecular complexity index is 663. The summed E-state index contributed by atoms with van der Waals surface area (Å²) in [5.74, 6) is 1.68. The summed E-state index contributed by atoms with van der Waals surface area (Å²) in [4.78, 5) is 12.1. The van der Waals surface area contributed by atoms with Crippen molar-refractivity contribution in [3.8, 4) is 0 Å². The fourth-order valence-electron chi connectivity index (χ4n) is 2.00. The van der Waals surface area contributed by atoms with E-state index < -0.39 is 0 Å². The first-order valence-corrected chi connectivity index (χ1v) is 9.25. The van der Waals surface area contributed by atoms with Crippen LogP contribution in [0.5, 0.6) is 0 Å². The molecule has 2 nitrogen and oxygen atoms in total. The van der Waals surface area contributed by atoms with Crippen LogP contribution >= 0.6 is 39.3 Å². The highest BCUT2D eigenvalue weighted by atomic mass is 79.9. The largest absolute Gasteiger partial charge is 0.351 e. The van der Waals surface area contributed by atoms with Crippen LogP contribution in [0, 0.1) is 6.92 Å². The van der Waals surface area contributed by atoms with Crippen LogP contribution in [0.4, 0.5) is 0 Å². The van der Waals surface area contributed by atoms with Crippen LogP contribution in [0.2, 0.25) is 5.02 Å². The molecule has 5 heteroatoms. The quantitative estimate of drug-likeness (QED) is 0.688. The lowest BCUT2D eigenvalue weighted by molar-refractivity contribution is 0.0956. The minimum atomic E-state index is -0.137. The molecule has 22 heavy (non-hydrogen) atoms. The summed E-state index contributed by atoms with van der Waals surface area (Å²) < 4.78 is 0.843. The minimum absolute atomic E-state index is 0.137. The van der Waals surface area contributed by atoms with Crippen LogP contribution in [-0.2, 0) is 5.75 Å². The van der Waals surface area contributed by atoms with Crippen molar-refractivity contribution < 1.29 is 4.79 Å². The van der Waals surface area contributed by atoms with Gasteiger partial charge in [0.2, 0.25) is 0 Å². The number of thioether (sulfide) groups is 1. The van der Waals surface area contributed by atoms with Crippen molar-refractivity contribution in [3.05, 3.63) is 68.7 Å². The highest BCUT2D eigenvalue weighted by Gasteiger charge is 2.10. The Labute approximate surface area is 148 Å². The van der Waals surface area contributed by atoms with Gasteiger partial charge in [-0.25, -0.2) is 0 Å². The number of carbonyl (C=O) groups is 1. The maximum Gasteiger partial charge on any atom is 0.252 e. The molecule has 0 atom stereocenters. The molecule has 1 amide bonds. The van der Waals surface area contributed by atoms with Gasteiger partial charge in [0.1, 0.15) is 0 Å². The van der Waals surface area contributed by atoms with Gasteiger partial charge in [0.05, 0.1) is 10.6 Å². The molecule has 0 radical (unpaired) electrons. The molecule has 0 fully saturated rings. The third-order valence-corrected chi connectivity index (χ3v) is 4.91. The van der Waals surface area contributed by atoms with Gasteiger partial charge in [-0.2, -0.15) is 11.8 Å². The zero-order chi connectivity index (χ0) is 15.9. The molecule has 0 saturated heterocycles. The van der Waals surface area contributed by atoms with Crippen LogP contribution in [0.25, 0.3) is 0 Å². The molecule has 0 aromatic heterocycles. The number of halogens is 2. The van der Waals surface area contributed by atoms with Crippen LogP contribution in [-0.4, -0.2) is 18.2 Å². The van der Waals surface area contributed by atoms with E-state index in [1.165, 1.54) is 11.1 Å². The molecule has 0 unspecified atom stereocenters. The van der Waals surface area contributed by atoms with Crippen molar-refractivity contribution in [2.75, 3.05) is 12.3 Å². The van der Waals surface area contributed by atoms with E-state index in [1.807, 2.05) is 6.07 Å². The van der Waals surface area contributed by atoms with Crippen LogP contribution in [0.15, 0.2) is 46.9 Å². The van der Waals surface area contributed by atoms with Crippen LogP contribution in [0.1, 0.15) is 21.5 Å². The van der Waals surface area contributed by atoms with E-state index in [9.17, 15) is 4.79 Å². The molecule has 1 N–H and O–H groups in total. The Hall–Kier alpha value is -0.970. The number of amides is 1. The normalized spacial score (nSPS) is 10.5. The zero-order valence-corrected chi connectivity index (χ0v) is 15.4. The summed E-state index contributed by atoms with van der Waals surface area (Å²) in [6.45, 7) is 2.72. The molecule has 0 aliphatic heterocycles. The molecule has 0 aliphatic rings. The third-order valence-electron chi connectivity index (χ3n) is 3.06. The average Bonchev–Trinajstić information content (AvgIpc) is 2.49. The van der Waals surface area contributed by atoms with E-state index in [0.717, 1.165) is 16.0 Å². The molecular formula is C17H17BrClNOS. The second-order valence-corrected chi connectivity index (χ2v) is 7.35. The number of hydrogen-bond donors (Lipinski definition) is 1. The van der Waals surface area contributed by atoms with Gasteiger partial charge in [-0.05, 0) is 30.7 Å². The lowest BCUT2D eigenvalue weighted by Crippen LogP contribution is -2.26.